The molecule has 0 radical (unpaired) electrons. The summed E-state index contributed by atoms with van der Waals surface area (Å²) in [6, 6.07) is 12.3. The molecular formula is C24H29Cl3N2O2S. The molecule has 2 rings (SSSR count). The maximum absolute atomic E-state index is 13.2. The summed E-state index contributed by atoms with van der Waals surface area (Å²) in [5, 5.41) is 4.60. The number of hydrogen-bond donors (Lipinski definition) is 1. The van der Waals surface area contributed by atoms with E-state index in [0.717, 1.165) is 11.1 Å². The molecule has 2 amide bonds. The van der Waals surface area contributed by atoms with Gasteiger partial charge >= 0.3 is 0 Å². The molecule has 0 heterocycles. The van der Waals surface area contributed by atoms with Gasteiger partial charge in [0.1, 0.15) is 6.04 Å². The number of nitrogens with zero attached hydrogens (tertiary/aromatic N) is 1. The van der Waals surface area contributed by atoms with Crippen molar-refractivity contribution in [1.82, 2.24) is 10.2 Å². The smallest absolute Gasteiger partial charge is 0.242 e. The maximum Gasteiger partial charge on any atom is 0.242 e. The molecule has 1 atom stereocenters. The van der Waals surface area contributed by atoms with Crippen LogP contribution in [0.3, 0.4) is 0 Å². The molecule has 0 aliphatic heterocycles. The Balaban J connectivity index is 2.11. The molecule has 0 fully saturated rings. The molecule has 0 aliphatic carbocycles. The van der Waals surface area contributed by atoms with Crippen LogP contribution in [0.15, 0.2) is 42.5 Å². The fourth-order valence-electron chi connectivity index (χ4n) is 3.10. The highest BCUT2D eigenvalue weighted by atomic mass is 35.5. The van der Waals surface area contributed by atoms with Crippen LogP contribution in [0.2, 0.25) is 15.1 Å². The Kier molecular flexibility index (Phi) is 11.2. The summed E-state index contributed by atoms with van der Waals surface area (Å²) in [6.45, 7) is 6.92. The van der Waals surface area contributed by atoms with E-state index in [9.17, 15) is 9.59 Å². The van der Waals surface area contributed by atoms with Crippen molar-refractivity contribution < 1.29 is 9.59 Å². The van der Waals surface area contributed by atoms with E-state index in [2.05, 4.69) is 5.32 Å². The van der Waals surface area contributed by atoms with Crippen molar-refractivity contribution >= 4 is 58.4 Å². The van der Waals surface area contributed by atoms with Crippen molar-refractivity contribution in [2.75, 3.05) is 12.3 Å². The van der Waals surface area contributed by atoms with Gasteiger partial charge in [-0.15, -0.1) is 11.8 Å². The number of thioether (sulfide) groups is 1. The minimum atomic E-state index is -0.539. The van der Waals surface area contributed by atoms with Gasteiger partial charge in [0.15, 0.2) is 0 Å². The van der Waals surface area contributed by atoms with Crippen molar-refractivity contribution in [3.8, 4) is 0 Å². The van der Waals surface area contributed by atoms with E-state index in [1.54, 1.807) is 29.2 Å². The van der Waals surface area contributed by atoms with Crippen LogP contribution in [0.1, 0.15) is 38.3 Å². The van der Waals surface area contributed by atoms with Crippen LogP contribution in [-0.4, -0.2) is 35.1 Å². The maximum atomic E-state index is 13.2. The Morgan fingerprint density at radius 1 is 1.00 bits per heavy atom. The average molecular weight is 516 g/mol. The molecule has 2 aromatic carbocycles. The van der Waals surface area contributed by atoms with Crippen LogP contribution in [0.4, 0.5) is 0 Å². The summed E-state index contributed by atoms with van der Waals surface area (Å²) in [5.74, 6) is 0.989. The first-order valence-corrected chi connectivity index (χ1v) is 12.8. The Bertz CT molecular complexity index is 907. The minimum absolute atomic E-state index is 0.0865. The van der Waals surface area contributed by atoms with Crippen LogP contribution >= 0.6 is 46.6 Å². The van der Waals surface area contributed by atoms with Gasteiger partial charge < -0.3 is 10.2 Å². The zero-order valence-corrected chi connectivity index (χ0v) is 21.6. The molecule has 4 nitrogen and oxygen atoms in total. The van der Waals surface area contributed by atoms with E-state index in [4.69, 9.17) is 34.8 Å². The normalized spacial score (nSPS) is 12.0. The lowest BCUT2D eigenvalue weighted by Crippen LogP contribution is -2.50. The highest BCUT2D eigenvalue weighted by molar-refractivity contribution is 7.99. The molecule has 1 N–H and O–H groups in total. The summed E-state index contributed by atoms with van der Waals surface area (Å²) >= 11 is 19.5. The standard InChI is InChI=1S/C24H29Cl3N2O2S/c1-4-22(24(31)28-12-16(2)3)29(13-17-5-8-19(25)9-6-17)23(30)15-32-14-18-7-10-20(26)21(27)11-18/h5-11,16,22H,4,12-15H2,1-3H3,(H,28,31)/t22-/m1/s1. The van der Waals surface area contributed by atoms with E-state index < -0.39 is 6.04 Å². The molecule has 0 aliphatic rings. The van der Waals surface area contributed by atoms with Crippen LogP contribution in [-0.2, 0) is 21.9 Å². The second-order valence-electron chi connectivity index (χ2n) is 7.95. The van der Waals surface area contributed by atoms with E-state index in [-0.39, 0.29) is 17.6 Å². The van der Waals surface area contributed by atoms with Gasteiger partial charge in [-0.05, 0) is 47.7 Å². The fourth-order valence-corrected chi connectivity index (χ4v) is 4.40. The monoisotopic (exact) mass is 514 g/mol. The first-order valence-electron chi connectivity index (χ1n) is 10.5. The molecule has 0 saturated carbocycles. The summed E-state index contributed by atoms with van der Waals surface area (Å²) in [6.07, 6.45) is 0.528. The van der Waals surface area contributed by atoms with Crippen LogP contribution in [0, 0.1) is 5.92 Å². The zero-order valence-electron chi connectivity index (χ0n) is 18.5. The molecule has 2 aromatic rings. The largest absolute Gasteiger partial charge is 0.354 e. The van der Waals surface area contributed by atoms with E-state index in [1.165, 1.54) is 11.8 Å². The number of carbonyl (C=O) groups excluding carboxylic acids is 2. The first kappa shape index (κ1) is 26.8. The third-order valence-electron chi connectivity index (χ3n) is 4.81. The Hall–Kier alpha value is -1.40. The summed E-state index contributed by atoms with van der Waals surface area (Å²) in [5.41, 5.74) is 1.91. The van der Waals surface area contributed by atoms with E-state index in [1.807, 2.05) is 39.0 Å². The third-order valence-corrected chi connectivity index (χ3v) is 6.79. The molecule has 0 spiro atoms. The first-order chi connectivity index (χ1) is 15.2. The van der Waals surface area contributed by atoms with Gasteiger partial charge in [0, 0.05) is 23.9 Å². The van der Waals surface area contributed by atoms with E-state index >= 15 is 0 Å². The van der Waals surface area contributed by atoms with Gasteiger partial charge in [-0.25, -0.2) is 0 Å². The fraction of sp³-hybridized carbons (Fsp3) is 0.417. The summed E-state index contributed by atoms with van der Waals surface area (Å²) in [4.78, 5) is 27.8. The van der Waals surface area contributed by atoms with Crippen LogP contribution < -0.4 is 5.32 Å². The summed E-state index contributed by atoms with van der Waals surface area (Å²) in [7, 11) is 0. The molecule has 0 bridgehead atoms. The average Bonchev–Trinajstić information content (AvgIpc) is 2.75. The molecule has 0 saturated heterocycles. The highest BCUT2D eigenvalue weighted by Crippen LogP contribution is 2.25. The highest BCUT2D eigenvalue weighted by Gasteiger charge is 2.28. The number of halogens is 3. The second kappa shape index (κ2) is 13.3. The Morgan fingerprint density at radius 2 is 1.66 bits per heavy atom. The zero-order chi connectivity index (χ0) is 23.7. The Labute approximate surface area is 210 Å². The number of hydrogen-bond acceptors (Lipinski definition) is 3. The minimum Gasteiger partial charge on any atom is -0.354 e. The lowest BCUT2D eigenvalue weighted by molar-refractivity contribution is -0.139. The predicted molar refractivity (Wildman–Crippen MR) is 137 cm³/mol. The predicted octanol–water partition coefficient (Wildman–Crippen LogP) is 6.46. The van der Waals surface area contributed by atoms with Crippen molar-refractivity contribution in [2.24, 2.45) is 5.92 Å². The topological polar surface area (TPSA) is 49.4 Å². The van der Waals surface area contributed by atoms with Crippen LogP contribution in [0.25, 0.3) is 0 Å². The molecule has 174 valence electrons. The Morgan fingerprint density at radius 3 is 2.25 bits per heavy atom. The van der Waals surface area contributed by atoms with Crippen molar-refractivity contribution in [1.29, 1.82) is 0 Å². The lowest BCUT2D eigenvalue weighted by atomic mass is 10.1. The van der Waals surface area contributed by atoms with Crippen molar-refractivity contribution in [3.63, 3.8) is 0 Å². The lowest BCUT2D eigenvalue weighted by Gasteiger charge is -2.31. The molecule has 8 heteroatoms. The number of rotatable bonds is 11. The van der Waals surface area contributed by atoms with Gasteiger partial charge in [-0.3, -0.25) is 9.59 Å². The van der Waals surface area contributed by atoms with Gasteiger partial charge in [0.2, 0.25) is 11.8 Å². The SMILES string of the molecule is CC[C@H](C(=O)NCC(C)C)N(Cc1ccc(Cl)cc1)C(=O)CSCc1ccc(Cl)c(Cl)c1. The van der Waals surface area contributed by atoms with Gasteiger partial charge in [-0.2, -0.15) is 0 Å². The van der Waals surface area contributed by atoms with E-state index in [0.29, 0.717) is 46.2 Å². The molecule has 0 unspecified atom stereocenters. The number of benzene rings is 2. The quantitative estimate of drug-likeness (QED) is 0.373. The van der Waals surface area contributed by atoms with Crippen LogP contribution in [0.5, 0.6) is 0 Å². The second-order valence-corrected chi connectivity index (χ2v) is 10.2. The third kappa shape index (κ3) is 8.51. The number of carbonyl (C=O) groups is 2. The van der Waals surface area contributed by atoms with Crippen molar-refractivity contribution in [3.05, 3.63) is 68.7 Å². The van der Waals surface area contributed by atoms with Crippen molar-refractivity contribution in [2.45, 2.75) is 45.5 Å². The molecule has 32 heavy (non-hydrogen) atoms. The number of amides is 2. The molecule has 0 aromatic heterocycles. The van der Waals surface area contributed by atoms with Gasteiger partial charge in [0.05, 0.1) is 15.8 Å². The van der Waals surface area contributed by atoms with Gasteiger partial charge in [-0.1, -0.05) is 73.8 Å². The summed E-state index contributed by atoms with van der Waals surface area (Å²) < 4.78 is 0. The number of nitrogens with one attached hydrogen (secondary N) is 1. The molecular weight excluding hydrogens is 487 g/mol. The van der Waals surface area contributed by atoms with Gasteiger partial charge in [0.25, 0.3) is 0 Å².